The topological polar surface area (TPSA) is 82.2 Å². The lowest BCUT2D eigenvalue weighted by atomic mass is 9.91. The Balaban J connectivity index is 1.62. The molecule has 4 rings (SSSR count). The quantitative estimate of drug-likeness (QED) is 0.628. The van der Waals surface area contributed by atoms with Gasteiger partial charge in [-0.1, -0.05) is 42.5 Å². The van der Waals surface area contributed by atoms with E-state index in [1.165, 1.54) is 4.90 Å². The summed E-state index contributed by atoms with van der Waals surface area (Å²) in [6.07, 6.45) is 0. The number of urea groups is 1. The van der Waals surface area contributed by atoms with Crippen molar-refractivity contribution in [2.45, 2.75) is 32.9 Å². The van der Waals surface area contributed by atoms with Gasteiger partial charge in [-0.15, -0.1) is 0 Å². The molecule has 0 saturated carbocycles. The van der Waals surface area contributed by atoms with Crippen LogP contribution in [0, 0.1) is 6.92 Å². The first-order valence-corrected chi connectivity index (χ1v) is 12.4. The Bertz CT molecular complexity index is 1160. The van der Waals surface area contributed by atoms with E-state index in [1.807, 2.05) is 73.3 Å². The molecule has 2 aromatic rings. The second-order valence-corrected chi connectivity index (χ2v) is 9.33. The number of carbonyl (C=O) groups is 3. The molecule has 8 heteroatoms. The highest BCUT2D eigenvalue weighted by Gasteiger charge is 2.38. The molecule has 2 aromatic carbocycles. The fourth-order valence-corrected chi connectivity index (χ4v) is 4.98. The van der Waals surface area contributed by atoms with Crippen LogP contribution < -0.4 is 5.32 Å². The summed E-state index contributed by atoms with van der Waals surface area (Å²) in [4.78, 5) is 44.8. The number of ether oxygens (including phenoxy) is 1. The highest BCUT2D eigenvalue weighted by molar-refractivity contribution is 5.95. The van der Waals surface area contributed by atoms with Crippen LogP contribution >= 0.6 is 0 Å². The maximum absolute atomic E-state index is 13.2. The van der Waals surface area contributed by atoms with Gasteiger partial charge < -0.3 is 15.0 Å². The van der Waals surface area contributed by atoms with E-state index < -0.39 is 12.0 Å². The number of benzene rings is 2. The van der Waals surface area contributed by atoms with Crippen LogP contribution in [0.1, 0.15) is 41.4 Å². The van der Waals surface area contributed by atoms with Crippen molar-refractivity contribution in [3.63, 3.8) is 0 Å². The Labute approximate surface area is 212 Å². The minimum atomic E-state index is -0.595. The predicted molar refractivity (Wildman–Crippen MR) is 137 cm³/mol. The molecule has 0 bridgehead atoms. The summed E-state index contributed by atoms with van der Waals surface area (Å²) in [5, 5.41) is 2.99. The molecule has 36 heavy (non-hydrogen) atoms. The summed E-state index contributed by atoms with van der Waals surface area (Å²) >= 11 is 0. The Morgan fingerprint density at radius 2 is 1.75 bits per heavy atom. The van der Waals surface area contributed by atoms with Crippen LogP contribution in [0.2, 0.25) is 0 Å². The lowest BCUT2D eigenvalue weighted by Gasteiger charge is -2.42. The Morgan fingerprint density at radius 3 is 2.42 bits per heavy atom. The van der Waals surface area contributed by atoms with E-state index >= 15 is 0 Å². The number of nitrogens with one attached hydrogen (secondary N) is 1. The number of nitrogens with zero attached hydrogens (tertiary/aromatic N) is 3. The number of rotatable bonds is 6. The number of carbonyl (C=O) groups excluding carboxylic acids is 3. The summed E-state index contributed by atoms with van der Waals surface area (Å²) in [6, 6.07) is 16.1. The first kappa shape index (κ1) is 25.4. The van der Waals surface area contributed by atoms with Gasteiger partial charge in [0.25, 0.3) is 5.91 Å². The Morgan fingerprint density at radius 1 is 1.06 bits per heavy atom. The van der Waals surface area contributed by atoms with Crippen LogP contribution in [0.3, 0.4) is 0 Å². The third-order valence-electron chi connectivity index (χ3n) is 6.94. The van der Waals surface area contributed by atoms with E-state index in [9.17, 15) is 14.4 Å². The second-order valence-electron chi connectivity index (χ2n) is 9.33. The predicted octanol–water partition coefficient (Wildman–Crippen LogP) is 3.35. The number of piperazine rings is 1. The Kier molecular flexibility index (Phi) is 7.74. The van der Waals surface area contributed by atoms with Crippen LogP contribution in [0.25, 0.3) is 0 Å². The van der Waals surface area contributed by atoms with Gasteiger partial charge in [0.1, 0.15) is 0 Å². The third kappa shape index (κ3) is 5.14. The fraction of sp³-hybridized carbons (Fsp3) is 0.393. The van der Waals surface area contributed by atoms with E-state index in [4.69, 9.17) is 4.74 Å². The largest absolute Gasteiger partial charge is 0.463 e. The molecule has 0 unspecified atom stereocenters. The highest BCUT2D eigenvalue weighted by atomic mass is 16.5. The van der Waals surface area contributed by atoms with Crippen molar-refractivity contribution in [1.82, 2.24) is 20.0 Å². The third-order valence-corrected chi connectivity index (χ3v) is 6.94. The molecule has 1 fully saturated rings. The SMILES string of the molecule is CCOC(=O)C1=C(CN2CCN(C(=O)c3ccccc3)[C@@H](C)C2)N(C)C(=O)N[C@@H]1c1ccccc1C. The lowest BCUT2D eigenvalue weighted by Crippen LogP contribution is -2.56. The van der Waals surface area contributed by atoms with Gasteiger partial charge in [0.2, 0.25) is 0 Å². The van der Waals surface area contributed by atoms with Crippen molar-refractivity contribution in [2.24, 2.45) is 0 Å². The zero-order valence-electron chi connectivity index (χ0n) is 21.4. The van der Waals surface area contributed by atoms with Gasteiger partial charge in [0.05, 0.1) is 18.2 Å². The zero-order chi connectivity index (χ0) is 25.8. The number of likely N-dealkylation sites (N-methyl/N-ethyl adjacent to an activating group) is 1. The van der Waals surface area contributed by atoms with E-state index in [1.54, 1.807) is 14.0 Å². The van der Waals surface area contributed by atoms with Gasteiger partial charge in [-0.25, -0.2) is 9.59 Å². The van der Waals surface area contributed by atoms with Crippen molar-refractivity contribution < 1.29 is 19.1 Å². The van der Waals surface area contributed by atoms with Crippen molar-refractivity contribution in [3.8, 4) is 0 Å². The minimum absolute atomic E-state index is 0.0166. The molecule has 0 aromatic heterocycles. The molecule has 2 atom stereocenters. The molecule has 2 aliphatic heterocycles. The van der Waals surface area contributed by atoms with Crippen LogP contribution in [0.15, 0.2) is 65.9 Å². The maximum Gasteiger partial charge on any atom is 0.338 e. The summed E-state index contributed by atoms with van der Waals surface area (Å²) in [5.74, 6) is -0.415. The number of aryl methyl sites for hydroxylation is 1. The highest BCUT2D eigenvalue weighted by Crippen LogP contribution is 2.33. The minimum Gasteiger partial charge on any atom is -0.463 e. The standard InChI is InChI=1S/C28H34N4O4/c1-5-36-27(34)24-23(30(4)28(35)29-25(24)22-14-10-9-11-19(22)2)18-31-15-16-32(20(3)17-31)26(33)21-12-7-6-8-13-21/h6-14,20,25H,5,15-18H2,1-4H3,(H,29,35)/t20-,25+/m0/s1. The van der Waals surface area contributed by atoms with E-state index in [0.29, 0.717) is 43.0 Å². The van der Waals surface area contributed by atoms with Crippen molar-refractivity contribution in [2.75, 3.05) is 39.8 Å². The molecule has 1 N–H and O–H groups in total. The number of esters is 1. The van der Waals surface area contributed by atoms with E-state index in [0.717, 1.165) is 11.1 Å². The van der Waals surface area contributed by atoms with Gasteiger partial charge in [0.15, 0.2) is 0 Å². The van der Waals surface area contributed by atoms with Crippen molar-refractivity contribution in [3.05, 3.63) is 82.6 Å². The van der Waals surface area contributed by atoms with Gasteiger partial charge in [-0.2, -0.15) is 0 Å². The van der Waals surface area contributed by atoms with Crippen molar-refractivity contribution >= 4 is 17.9 Å². The smallest absolute Gasteiger partial charge is 0.338 e. The van der Waals surface area contributed by atoms with E-state index in [-0.39, 0.29) is 24.6 Å². The first-order chi connectivity index (χ1) is 17.3. The summed E-state index contributed by atoms with van der Waals surface area (Å²) in [7, 11) is 1.68. The maximum atomic E-state index is 13.2. The van der Waals surface area contributed by atoms with Crippen LogP contribution in [-0.4, -0.2) is 78.5 Å². The second kappa shape index (κ2) is 11.0. The number of hydrogen-bond acceptors (Lipinski definition) is 5. The lowest BCUT2D eigenvalue weighted by molar-refractivity contribution is -0.139. The summed E-state index contributed by atoms with van der Waals surface area (Å²) in [6.45, 7) is 8.23. The molecule has 0 spiro atoms. The first-order valence-electron chi connectivity index (χ1n) is 12.4. The normalized spacial score (nSPS) is 20.8. The molecule has 8 nitrogen and oxygen atoms in total. The van der Waals surface area contributed by atoms with Gasteiger partial charge in [0, 0.05) is 50.5 Å². The average molecular weight is 491 g/mol. The molecule has 190 valence electrons. The molecule has 2 heterocycles. The molecule has 0 radical (unpaired) electrons. The molecule has 0 aliphatic carbocycles. The summed E-state index contributed by atoms with van der Waals surface area (Å²) < 4.78 is 5.45. The number of hydrogen-bond donors (Lipinski definition) is 1. The van der Waals surface area contributed by atoms with E-state index in [2.05, 4.69) is 10.2 Å². The van der Waals surface area contributed by atoms with Gasteiger partial charge in [-0.05, 0) is 44.0 Å². The zero-order valence-corrected chi connectivity index (χ0v) is 21.4. The molecule has 2 aliphatic rings. The monoisotopic (exact) mass is 490 g/mol. The summed E-state index contributed by atoms with van der Waals surface area (Å²) in [5.41, 5.74) is 3.60. The van der Waals surface area contributed by atoms with Gasteiger partial charge in [-0.3, -0.25) is 14.6 Å². The van der Waals surface area contributed by atoms with Gasteiger partial charge >= 0.3 is 12.0 Å². The molecular weight excluding hydrogens is 456 g/mol. The molecular formula is C28H34N4O4. The Hall–Kier alpha value is -3.65. The van der Waals surface area contributed by atoms with Crippen molar-refractivity contribution in [1.29, 1.82) is 0 Å². The number of amides is 3. The molecule has 3 amide bonds. The van der Waals surface area contributed by atoms with Crippen LogP contribution in [0.4, 0.5) is 4.79 Å². The fourth-order valence-electron chi connectivity index (χ4n) is 4.98. The molecule has 1 saturated heterocycles. The average Bonchev–Trinajstić information content (AvgIpc) is 2.87. The van der Waals surface area contributed by atoms with Crippen LogP contribution in [-0.2, 0) is 9.53 Å². The van der Waals surface area contributed by atoms with Crippen LogP contribution in [0.5, 0.6) is 0 Å².